The van der Waals surface area contributed by atoms with Crippen LogP contribution in [0.4, 0.5) is 8.78 Å². The Kier molecular flexibility index (Phi) is 3.43. The zero-order chi connectivity index (χ0) is 15.0. The molecule has 0 bridgehead atoms. The second-order valence-corrected chi connectivity index (χ2v) is 5.16. The van der Waals surface area contributed by atoms with Gasteiger partial charge in [-0.25, -0.2) is 8.78 Å². The molecule has 2 N–H and O–H groups in total. The lowest BCUT2D eigenvalue weighted by molar-refractivity contribution is 0.624. The summed E-state index contributed by atoms with van der Waals surface area (Å²) in [4.78, 5) is 0. The lowest BCUT2D eigenvalue weighted by Crippen LogP contribution is -2.14. The summed E-state index contributed by atoms with van der Waals surface area (Å²) in [6.07, 6.45) is 0. The molecule has 0 fully saturated rings. The van der Waals surface area contributed by atoms with Gasteiger partial charge in [0.1, 0.15) is 11.6 Å². The van der Waals surface area contributed by atoms with Gasteiger partial charge in [-0.3, -0.25) is 0 Å². The van der Waals surface area contributed by atoms with Crippen molar-refractivity contribution in [3.63, 3.8) is 0 Å². The van der Waals surface area contributed by atoms with Crippen molar-refractivity contribution in [1.29, 1.82) is 0 Å². The number of fused-ring (bicyclic) bond motifs is 1. The van der Waals surface area contributed by atoms with E-state index in [4.69, 9.17) is 5.73 Å². The van der Waals surface area contributed by atoms with Gasteiger partial charge in [0.15, 0.2) is 0 Å². The van der Waals surface area contributed by atoms with Gasteiger partial charge in [0.2, 0.25) is 0 Å². The molecular weight excluding hydrogens is 268 g/mol. The Morgan fingerprint density at radius 1 is 0.857 bits per heavy atom. The third-order valence-corrected chi connectivity index (χ3v) is 3.81. The molecule has 3 rings (SSSR count). The van der Waals surface area contributed by atoms with E-state index < -0.39 is 6.04 Å². The van der Waals surface area contributed by atoms with Gasteiger partial charge in [0.05, 0.1) is 6.04 Å². The van der Waals surface area contributed by atoms with Crippen molar-refractivity contribution in [3.05, 3.63) is 82.9 Å². The summed E-state index contributed by atoms with van der Waals surface area (Å²) in [6, 6.07) is 14.5. The van der Waals surface area contributed by atoms with Gasteiger partial charge in [0.25, 0.3) is 0 Å². The molecule has 3 heteroatoms. The molecule has 1 nitrogen and oxygen atoms in total. The molecule has 0 aliphatic heterocycles. The van der Waals surface area contributed by atoms with Crippen LogP contribution in [0.25, 0.3) is 10.8 Å². The Hall–Kier alpha value is -2.26. The Morgan fingerprint density at radius 3 is 2.24 bits per heavy atom. The minimum absolute atomic E-state index is 0.266. The molecule has 0 saturated heterocycles. The third-order valence-electron chi connectivity index (χ3n) is 3.81. The van der Waals surface area contributed by atoms with Crippen LogP contribution in [0.2, 0.25) is 0 Å². The fraction of sp³-hybridized carbons (Fsp3) is 0.111. The molecule has 0 saturated carbocycles. The van der Waals surface area contributed by atoms with Gasteiger partial charge >= 0.3 is 0 Å². The average Bonchev–Trinajstić information content (AvgIpc) is 2.47. The normalized spacial score (nSPS) is 12.6. The number of benzene rings is 3. The molecule has 0 aliphatic carbocycles. The summed E-state index contributed by atoms with van der Waals surface area (Å²) < 4.78 is 27.1. The maximum absolute atomic E-state index is 13.9. The molecule has 106 valence electrons. The molecule has 0 spiro atoms. The summed E-state index contributed by atoms with van der Waals surface area (Å²) in [6.45, 7) is 1.82. The number of halogens is 2. The molecule has 21 heavy (non-hydrogen) atoms. The van der Waals surface area contributed by atoms with E-state index in [1.54, 1.807) is 24.3 Å². The van der Waals surface area contributed by atoms with Crippen molar-refractivity contribution in [2.24, 2.45) is 5.73 Å². The quantitative estimate of drug-likeness (QED) is 0.737. The van der Waals surface area contributed by atoms with Crippen LogP contribution < -0.4 is 5.73 Å². The van der Waals surface area contributed by atoms with Crippen LogP contribution in [0.5, 0.6) is 0 Å². The highest BCUT2D eigenvalue weighted by Gasteiger charge is 2.16. The largest absolute Gasteiger partial charge is 0.320 e. The van der Waals surface area contributed by atoms with Crippen LogP contribution in [0.3, 0.4) is 0 Å². The second-order valence-electron chi connectivity index (χ2n) is 5.16. The van der Waals surface area contributed by atoms with Gasteiger partial charge < -0.3 is 5.73 Å². The molecule has 3 aromatic carbocycles. The first-order valence-corrected chi connectivity index (χ1v) is 6.76. The average molecular weight is 283 g/mol. The zero-order valence-electron chi connectivity index (χ0n) is 11.6. The number of hydrogen-bond donors (Lipinski definition) is 1. The summed E-state index contributed by atoms with van der Waals surface area (Å²) in [5.74, 6) is -0.551. The Balaban J connectivity index is 2.18. The van der Waals surface area contributed by atoms with Crippen molar-refractivity contribution in [2.45, 2.75) is 13.0 Å². The lowest BCUT2D eigenvalue weighted by atomic mass is 9.92. The summed E-state index contributed by atoms with van der Waals surface area (Å²) >= 11 is 0. The highest BCUT2D eigenvalue weighted by molar-refractivity contribution is 5.87. The van der Waals surface area contributed by atoms with E-state index in [1.807, 2.05) is 19.1 Å². The maximum Gasteiger partial charge on any atom is 0.131 e. The summed E-state index contributed by atoms with van der Waals surface area (Å²) in [5.41, 5.74) is 8.80. The number of rotatable bonds is 2. The van der Waals surface area contributed by atoms with Gasteiger partial charge in [-0.15, -0.1) is 0 Å². The smallest absolute Gasteiger partial charge is 0.131 e. The Labute approximate surface area is 122 Å². The predicted molar refractivity (Wildman–Crippen MR) is 81.1 cm³/mol. The van der Waals surface area contributed by atoms with E-state index in [9.17, 15) is 8.78 Å². The van der Waals surface area contributed by atoms with E-state index in [0.717, 1.165) is 22.1 Å². The van der Waals surface area contributed by atoms with Crippen molar-refractivity contribution in [3.8, 4) is 0 Å². The third kappa shape index (κ3) is 2.41. The second kappa shape index (κ2) is 5.26. The van der Waals surface area contributed by atoms with Crippen LogP contribution in [-0.2, 0) is 0 Å². The SMILES string of the molecule is Cc1cc(F)ccc1C(N)c1ccc(F)c2ccccc12. The van der Waals surface area contributed by atoms with E-state index in [2.05, 4.69) is 0 Å². The molecule has 0 aliphatic rings. The van der Waals surface area contributed by atoms with E-state index >= 15 is 0 Å². The topological polar surface area (TPSA) is 26.0 Å². The van der Waals surface area contributed by atoms with Crippen molar-refractivity contribution in [2.75, 3.05) is 0 Å². The van der Waals surface area contributed by atoms with E-state index in [1.165, 1.54) is 18.2 Å². The van der Waals surface area contributed by atoms with Gasteiger partial charge in [-0.1, -0.05) is 36.4 Å². The summed E-state index contributed by atoms with van der Waals surface area (Å²) in [7, 11) is 0. The monoisotopic (exact) mass is 283 g/mol. The first-order chi connectivity index (χ1) is 10.1. The standard InChI is InChI=1S/C18H15F2N/c1-11-10-12(19)6-7-13(11)18(21)16-8-9-17(20)15-5-3-2-4-14(15)16/h2-10,18H,21H2,1H3. The molecule has 0 radical (unpaired) electrons. The first kappa shape index (κ1) is 13.7. The number of hydrogen-bond acceptors (Lipinski definition) is 1. The first-order valence-electron chi connectivity index (χ1n) is 6.76. The van der Waals surface area contributed by atoms with Crippen LogP contribution >= 0.6 is 0 Å². The molecular formula is C18H15F2N. The van der Waals surface area contributed by atoms with Crippen LogP contribution in [-0.4, -0.2) is 0 Å². The molecule has 0 amide bonds. The minimum Gasteiger partial charge on any atom is -0.320 e. The zero-order valence-corrected chi connectivity index (χ0v) is 11.6. The van der Waals surface area contributed by atoms with Gasteiger partial charge in [-0.05, 0) is 47.2 Å². The van der Waals surface area contributed by atoms with Crippen LogP contribution in [0.15, 0.2) is 54.6 Å². The fourth-order valence-electron chi connectivity index (χ4n) is 2.71. The van der Waals surface area contributed by atoms with Gasteiger partial charge in [-0.2, -0.15) is 0 Å². The lowest BCUT2D eigenvalue weighted by Gasteiger charge is -2.17. The van der Waals surface area contributed by atoms with E-state index in [0.29, 0.717) is 5.39 Å². The van der Waals surface area contributed by atoms with E-state index in [-0.39, 0.29) is 11.6 Å². The number of aryl methyl sites for hydroxylation is 1. The molecule has 1 unspecified atom stereocenters. The molecule has 1 atom stereocenters. The number of nitrogens with two attached hydrogens (primary N) is 1. The predicted octanol–water partition coefficient (Wildman–Crippen LogP) is 4.47. The summed E-state index contributed by atoms with van der Waals surface area (Å²) in [5, 5.41) is 1.33. The highest BCUT2D eigenvalue weighted by Crippen LogP contribution is 2.30. The van der Waals surface area contributed by atoms with Crippen LogP contribution in [0.1, 0.15) is 22.7 Å². The molecule has 0 aromatic heterocycles. The Morgan fingerprint density at radius 2 is 1.52 bits per heavy atom. The van der Waals surface area contributed by atoms with Crippen molar-refractivity contribution < 1.29 is 8.78 Å². The molecule has 0 heterocycles. The van der Waals surface area contributed by atoms with Crippen molar-refractivity contribution >= 4 is 10.8 Å². The molecule has 3 aromatic rings. The van der Waals surface area contributed by atoms with Crippen LogP contribution in [0, 0.1) is 18.6 Å². The minimum atomic E-state index is -0.420. The Bertz CT molecular complexity index is 811. The van der Waals surface area contributed by atoms with Gasteiger partial charge in [0, 0.05) is 5.39 Å². The fourth-order valence-corrected chi connectivity index (χ4v) is 2.71. The highest BCUT2D eigenvalue weighted by atomic mass is 19.1. The maximum atomic E-state index is 13.9. The van der Waals surface area contributed by atoms with Crippen molar-refractivity contribution in [1.82, 2.24) is 0 Å².